The van der Waals surface area contributed by atoms with Gasteiger partial charge in [-0.05, 0) is 31.2 Å². The summed E-state index contributed by atoms with van der Waals surface area (Å²) >= 11 is 1.69. The molecule has 0 atom stereocenters. The summed E-state index contributed by atoms with van der Waals surface area (Å²) < 4.78 is 11.1. The lowest BCUT2D eigenvalue weighted by Gasteiger charge is -2.18. The van der Waals surface area contributed by atoms with Crippen LogP contribution in [-0.4, -0.2) is 24.7 Å². The molecule has 3 rings (SSSR count). The molecule has 0 amide bonds. The van der Waals surface area contributed by atoms with Crippen LogP contribution in [0.25, 0.3) is 11.3 Å². The number of ether oxygens (including phenoxy) is 2. The van der Waals surface area contributed by atoms with Gasteiger partial charge < -0.3 is 14.8 Å². The number of benzene rings is 1. The van der Waals surface area contributed by atoms with Crippen molar-refractivity contribution in [3.63, 3.8) is 0 Å². The van der Waals surface area contributed by atoms with Gasteiger partial charge in [0.2, 0.25) is 0 Å². The fourth-order valence-electron chi connectivity index (χ4n) is 2.10. The molecule has 2 aromatic rings. The van der Waals surface area contributed by atoms with Crippen LogP contribution in [0.1, 0.15) is 18.4 Å². The van der Waals surface area contributed by atoms with Gasteiger partial charge in [-0.25, -0.2) is 4.98 Å². The third-order valence-corrected chi connectivity index (χ3v) is 3.94. The van der Waals surface area contributed by atoms with E-state index in [1.165, 1.54) is 0 Å². The van der Waals surface area contributed by atoms with Crippen molar-refractivity contribution >= 4 is 11.3 Å². The molecule has 1 aromatic carbocycles. The Labute approximate surface area is 122 Å². The lowest BCUT2D eigenvalue weighted by molar-refractivity contribution is 0.171. The molecule has 1 N–H and O–H groups in total. The molecule has 1 aliphatic heterocycles. The second-order valence-electron chi connectivity index (χ2n) is 4.66. The Morgan fingerprint density at radius 3 is 2.95 bits per heavy atom. The molecule has 20 heavy (non-hydrogen) atoms. The first-order valence-electron chi connectivity index (χ1n) is 6.92. The van der Waals surface area contributed by atoms with E-state index in [2.05, 4.69) is 22.6 Å². The first-order valence-corrected chi connectivity index (χ1v) is 7.80. The number of hydrogen-bond donors (Lipinski definition) is 1. The summed E-state index contributed by atoms with van der Waals surface area (Å²) in [5.41, 5.74) is 2.08. The van der Waals surface area contributed by atoms with Crippen molar-refractivity contribution in [2.24, 2.45) is 0 Å². The first kappa shape index (κ1) is 13.4. The van der Waals surface area contributed by atoms with Crippen molar-refractivity contribution in [3.8, 4) is 22.8 Å². The summed E-state index contributed by atoms with van der Waals surface area (Å²) in [5, 5.41) is 6.58. The zero-order valence-corrected chi connectivity index (χ0v) is 12.3. The predicted octanol–water partition coefficient (Wildman–Crippen LogP) is 3.08. The molecule has 0 spiro atoms. The Kier molecular flexibility index (Phi) is 4.18. The average Bonchev–Trinajstić information content (AvgIpc) is 2.96. The van der Waals surface area contributed by atoms with Gasteiger partial charge in [-0.3, -0.25) is 0 Å². The van der Waals surface area contributed by atoms with Gasteiger partial charge in [-0.1, -0.05) is 6.92 Å². The van der Waals surface area contributed by atoms with Gasteiger partial charge in [0.15, 0.2) is 11.5 Å². The van der Waals surface area contributed by atoms with E-state index >= 15 is 0 Å². The number of aromatic nitrogens is 1. The molecular weight excluding hydrogens is 272 g/mol. The van der Waals surface area contributed by atoms with Crippen molar-refractivity contribution in [1.82, 2.24) is 10.3 Å². The lowest BCUT2D eigenvalue weighted by Crippen LogP contribution is -2.15. The van der Waals surface area contributed by atoms with Crippen molar-refractivity contribution in [1.29, 1.82) is 0 Å². The molecule has 0 bridgehead atoms. The zero-order chi connectivity index (χ0) is 13.8. The molecule has 1 aliphatic rings. The first-order chi connectivity index (χ1) is 9.86. The molecule has 0 saturated carbocycles. The molecule has 106 valence electrons. The Hall–Kier alpha value is -1.59. The molecule has 5 heteroatoms. The highest BCUT2D eigenvalue weighted by Gasteiger charge is 2.13. The Bertz CT molecular complexity index is 583. The van der Waals surface area contributed by atoms with Crippen molar-refractivity contribution in [2.45, 2.75) is 19.9 Å². The van der Waals surface area contributed by atoms with Crippen molar-refractivity contribution in [3.05, 3.63) is 28.6 Å². The molecule has 2 heterocycles. The Morgan fingerprint density at radius 2 is 2.10 bits per heavy atom. The van der Waals surface area contributed by atoms with Gasteiger partial charge in [0.25, 0.3) is 0 Å². The van der Waals surface area contributed by atoms with E-state index in [-0.39, 0.29) is 0 Å². The third kappa shape index (κ3) is 2.94. The minimum Gasteiger partial charge on any atom is -0.486 e. The van der Waals surface area contributed by atoms with Crippen LogP contribution in [0.5, 0.6) is 11.5 Å². The van der Waals surface area contributed by atoms with Gasteiger partial charge in [0.1, 0.15) is 18.2 Å². The fourth-order valence-corrected chi connectivity index (χ4v) is 2.87. The van der Waals surface area contributed by atoms with E-state index in [9.17, 15) is 0 Å². The van der Waals surface area contributed by atoms with Gasteiger partial charge in [0.05, 0.1) is 5.69 Å². The summed E-state index contributed by atoms with van der Waals surface area (Å²) in [6, 6.07) is 6.00. The number of rotatable bonds is 5. The summed E-state index contributed by atoms with van der Waals surface area (Å²) in [6.07, 6.45) is 1.14. The van der Waals surface area contributed by atoms with E-state index < -0.39 is 0 Å². The zero-order valence-electron chi connectivity index (χ0n) is 11.5. The highest BCUT2D eigenvalue weighted by molar-refractivity contribution is 7.09. The number of hydrogen-bond acceptors (Lipinski definition) is 5. The second kappa shape index (κ2) is 6.24. The van der Waals surface area contributed by atoms with E-state index in [0.717, 1.165) is 47.3 Å². The molecule has 0 radical (unpaired) electrons. The van der Waals surface area contributed by atoms with Crippen LogP contribution in [0.15, 0.2) is 23.6 Å². The number of fused-ring (bicyclic) bond motifs is 1. The van der Waals surface area contributed by atoms with Crippen LogP contribution in [0, 0.1) is 0 Å². The second-order valence-corrected chi connectivity index (χ2v) is 5.60. The summed E-state index contributed by atoms with van der Waals surface area (Å²) in [5.74, 6) is 1.63. The minimum absolute atomic E-state index is 0.611. The van der Waals surface area contributed by atoms with Gasteiger partial charge in [0, 0.05) is 17.5 Å². The SMILES string of the molecule is CCCNCc1nc(-c2ccc3c(c2)OCCO3)cs1. The quantitative estimate of drug-likeness (QED) is 0.859. The van der Waals surface area contributed by atoms with Crippen LogP contribution in [0.2, 0.25) is 0 Å². The molecular formula is C15H18N2O2S. The van der Waals surface area contributed by atoms with E-state index in [4.69, 9.17) is 9.47 Å². The van der Waals surface area contributed by atoms with Crippen molar-refractivity contribution < 1.29 is 9.47 Å². The monoisotopic (exact) mass is 290 g/mol. The maximum Gasteiger partial charge on any atom is 0.162 e. The highest BCUT2D eigenvalue weighted by atomic mass is 32.1. The number of thiazole rings is 1. The Morgan fingerprint density at radius 1 is 1.25 bits per heavy atom. The standard InChI is InChI=1S/C15H18N2O2S/c1-2-5-16-9-15-17-12(10-20-15)11-3-4-13-14(8-11)19-7-6-18-13/h3-4,8,10,16H,2,5-7,9H2,1H3. The van der Waals surface area contributed by atoms with Crippen LogP contribution < -0.4 is 14.8 Å². The average molecular weight is 290 g/mol. The van der Waals surface area contributed by atoms with E-state index in [1.807, 2.05) is 18.2 Å². The summed E-state index contributed by atoms with van der Waals surface area (Å²) in [6.45, 7) is 5.26. The minimum atomic E-state index is 0.611. The Balaban J connectivity index is 1.75. The largest absolute Gasteiger partial charge is 0.486 e. The van der Waals surface area contributed by atoms with Gasteiger partial charge in [-0.2, -0.15) is 0 Å². The van der Waals surface area contributed by atoms with Crippen LogP contribution in [-0.2, 0) is 6.54 Å². The molecule has 0 aliphatic carbocycles. The van der Waals surface area contributed by atoms with Gasteiger partial charge >= 0.3 is 0 Å². The molecule has 4 nitrogen and oxygen atoms in total. The molecule has 0 saturated heterocycles. The summed E-state index contributed by atoms with van der Waals surface area (Å²) in [4.78, 5) is 4.66. The summed E-state index contributed by atoms with van der Waals surface area (Å²) in [7, 11) is 0. The maximum absolute atomic E-state index is 5.61. The van der Waals surface area contributed by atoms with E-state index in [0.29, 0.717) is 13.2 Å². The smallest absolute Gasteiger partial charge is 0.162 e. The van der Waals surface area contributed by atoms with Crippen LogP contribution in [0.3, 0.4) is 0 Å². The topological polar surface area (TPSA) is 43.4 Å². The molecule has 0 fully saturated rings. The predicted molar refractivity (Wildman–Crippen MR) is 80.5 cm³/mol. The maximum atomic E-state index is 5.61. The van der Waals surface area contributed by atoms with E-state index in [1.54, 1.807) is 11.3 Å². The third-order valence-electron chi connectivity index (χ3n) is 3.09. The number of nitrogens with zero attached hydrogens (tertiary/aromatic N) is 1. The van der Waals surface area contributed by atoms with Crippen molar-refractivity contribution in [2.75, 3.05) is 19.8 Å². The molecule has 1 aromatic heterocycles. The van der Waals surface area contributed by atoms with Crippen LogP contribution >= 0.6 is 11.3 Å². The number of nitrogens with one attached hydrogen (secondary N) is 1. The van der Waals surface area contributed by atoms with Gasteiger partial charge in [-0.15, -0.1) is 11.3 Å². The normalized spacial score (nSPS) is 13.4. The lowest BCUT2D eigenvalue weighted by atomic mass is 10.1. The fraction of sp³-hybridized carbons (Fsp3) is 0.400. The highest BCUT2D eigenvalue weighted by Crippen LogP contribution is 2.34. The van der Waals surface area contributed by atoms with Crippen LogP contribution in [0.4, 0.5) is 0 Å². The molecule has 0 unspecified atom stereocenters.